The van der Waals surface area contributed by atoms with Crippen LogP contribution in [0.15, 0.2) is 16.5 Å². The zero-order valence-electron chi connectivity index (χ0n) is 10.8. The van der Waals surface area contributed by atoms with E-state index in [2.05, 4.69) is 5.32 Å². The summed E-state index contributed by atoms with van der Waals surface area (Å²) in [5.41, 5.74) is 0. The molecule has 0 spiro atoms. The molecule has 5 nitrogen and oxygen atoms in total. The molecule has 0 aliphatic rings. The molecule has 1 heterocycles. The lowest BCUT2D eigenvalue weighted by molar-refractivity contribution is -0.137. The maximum atomic E-state index is 12.0. The van der Waals surface area contributed by atoms with Gasteiger partial charge in [0.15, 0.2) is 5.76 Å². The van der Waals surface area contributed by atoms with E-state index in [-0.39, 0.29) is 24.0 Å². The highest BCUT2D eigenvalue weighted by atomic mass is 32.2. The number of amides is 1. The van der Waals surface area contributed by atoms with Crippen LogP contribution in [-0.2, 0) is 10.5 Å². The number of thioether (sulfide) groups is 1. The van der Waals surface area contributed by atoms with Gasteiger partial charge in [0.1, 0.15) is 5.76 Å². The molecule has 0 aromatic carbocycles. The molecular formula is C12H15F2NO4S. The van der Waals surface area contributed by atoms with Crippen molar-refractivity contribution in [3.63, 3.8) is 0 Å². The molecule has 112 valence electrons. The van der Waals surface area contributed by atoms with Gasteiger partial charge in [-0.15, -0.1) is 0 Å². The Morgan fingerprint density at radius 1 is 1.45 bits per heavy atom. The minimum Gasteiger partial charge on any atom is -0.481 e. The highest BCUT2D eigenvalue weighted by Gasteiger charge is 2.15. The second kappa shape index (κ2) is 7.88. The first-order valence-corrected chi connectivity index (χ1v) is 6.94. The zero-order chi connectivity index (χ0) is 15.1. The van der Waals surface area contributed by atoms with E-state index >= 15 is 0 Å². The molecule has 1 rings (SSSR count). The number of hydrogen-bond acceptors (Lipinski definition) is 4. The van der Waals surface area contributed by atoms with Crippen LogP contribution in [0, 0.1) is 0 Å². The first-order valence-electron chi connectivity index (χ1n) is 5.89. The van der Waals surface area contributed by atoms with Gasteiger partial charge in [-0.05, 0) is 25.5 Å². The van der Waals surface area contributed by atoms with Gasteiger partial charge < -0.3 is 14.8 Å². The smallest absolute Gasteiger partial charge is 0.303 e. The fourth-order valence-electron chi connectivity index (χ4n) is 1.43. The molecule has 1 aromatic heterocycles. The van der Waals surface area contributed by atoms with Crippen LogP contribution in [-0.4, -0.2) is 28.8 Å². The van der Waals surface area contributed by atoms with Crippen molar-refractivity contribution in [2.75, 3.05) is 0 Å². The Bertz CT molecular complexity index is 464. The second-order valence-corrected chi connectivity index (χ2v) is 5.12. The third-order valence-corrected chi connectivity index (χ3v) is 3.11. The monoisotopic (exact) mass is 307 g/mol. The van der Waals surface area contributed by atoms with E-state index in [0.29, 0.717) is 23.9 Å². The predicted molar refractivity (Wildman–Crippen MR) is 69.8 cm³/mol. The predicted octanol–water partition coefficient (Wildman–Crippen LogP) is 2.72. The molecule has 1 atom stereocenters. The van der Waals surface area contributed by atoms with Crippen molar-refractivity contribution in [3.05, 3.63) is 23.7 Å². The Morgan fingerprint density at radius 2 is 2.15 bits per heavy atom. The fraction of sp³-hybridized carbons (Fsp3) is 0.500. The maximum Gasteiger partial charge on any atom is 0.303 e. The zero-order valence-corrected chi connectivity index (χ0v) is 11.6. The Labute approximate surface area is 118 Å². The molecule has 0 bridgehead atoms. The molecule has 0 radical (unpaired) electrons. The van der Waals surface area contributed by atoms with Crippen LogP contribution in [0.3, 0.4) is 0 Å². The number of carboxylic acid groups (broad SMARTS) is 1. The quantitative estimate of drug-likeness (QED) is 0.772. The van der Waals surface area contributed by atoms with Crippen molar-refractivity contribution in [1.82, 2.24) is 5.32 Å². The Kier molecular flexibility index (Phi) is 6.50. The van der Waals surface area contributed by atoms with Crippen molar-refractivity contribution in [3.8, 4) is 0 Å². The standard InChI is InChI=1S/C12H15F2NO4S/c1-7(2-5-10(16)17)15-11(18)9-4-3-8(19-9)6-20-12(13)14/h3-4,7,12H,2,5-6H2,1H3,(H,15,18)(H,16,17). The molecule has 1 aromatic rings. The highest BCUT2D eigenvalue weighted by Crippen LogP contribution is 2.21. The summed E-state index contributed by atoms with van der Waals surface area (Å²) >= 11 is 0.411. The van der Waals surface area contributed by atoms with Gasteiger partial charge in [-0.2, -0.15) is 8.78 Å². The number of rotatable bonds is 8. The van der Waals surface area contributed by atoms with Crippen LogP contribution in [0.4, 0.5) is 8.78 Å². The van der Waals surface area contributed by atoms with Crippen molar-refractivity contribution in [2.24, 2.45) is 0 Å². The summed E-state index contributed by atoms with van der Waals surface area (Å²) < 4.78 is 29.1. The van der Waals surface area contributed by atoms with Gasteiger partial charge in [0.2, 0.25) is 0 Å². The Hall–Kier alpha value is -1.57. The van der Waals surface area contributed by atoms with Crippen LogP contribution in [0.5, 0.6) is 0 Å². The Morgan fingerprint density at radius 3 is 2.75 bits per heavy atom. The maximum absolute atomic E-state index is 12.0. The molecule has 0 fully saturated rings. The average Bonchev–Trinajstić information content (AvgIpc) is 2.82. The number of halogens is 2. The molecular weight excluding hydrogens is 292 g/mol. The van der Waals surface area contributed by atoms with E-state index in [4.69, 9.17) is 9.52 Å². The summed E-state index contributed by atoms with van der Waals surface area (Å²) in [4.78, 5) is 22.1. The van der Waals surface area contributed by atoms with Gasteiger partial charge in [-0.1, -0.05) is 11.8 Å². The first kappa shape index (κ1) is 16.5. The average molecular weight is 307 g/mol. The largest absolute Gasteiger partial charge is 0.481 e. The van der Waals surface area contributed by atoms with Gasteiger partial charge in [0, 0.05) is 12.5 Å². The minimum atomic E-state index is -2.49. The summed E-state index contributed by atoms with van der Waals surface area (Å²) in [5.74, 6) is -3.62. The van der Waals surface area contributed by atoms with Crippen LogP contribution in [0.1, 0.15) is 36.1 Å². The molecule has 0 aliphatic heterocycles. The van der Waals surface area contributed by atoms with Crippen LogP contribution in [0.2, 0.25) is 0 Å². The lowest BCUT2D eigenvalue weighted by atomic mass is 10.2. The third-order valence-electron chi connectivity index (χ3n) is 2.41. The Balaban J connectivity index is 2.45. The molecule has 0 aliphatic carbocycles. The van der Waals surface area contributed by atoms with Crippen molar-refractivity contribution >= 4 is 23.6 Å². The SMILES string of the molecule is CC(CCC(=O)O)NC(=O)c1ccc(CSC(F)F)o1. The topological polar surface area (TPSA) is 79.5 Å². The third kappa shape index (κ3) is 6.05. The van der Waals surface area contributed by atoms with Gasteiger partial charge in [-0.3, -0.25) is 9.59 Å². The number of carbonyl (C=O) groups excluding carboxylic acids is 1. The molecule has 0 saturated heterocycles. The molecule has 1 unspecified atom stereocenters. The molecule has 20 heavy (non-hydrogen) atoms. The van der Waals surface area contributed by atoms with E-state index in [1.807, 2.05) is 0 Å². The fourth-order valence-corrected chi connectivity index (χ4v) is 1.88. The minimum absolute atomic E-state index is 0.0144. The van der Waals surface area contributed by atoms with E-state index in [0.717, 1.165) is 0 Å². The number of carboxylic acids is 1. The molecule has 0 saturated carbocycles. The van der Waals surface area contributed by atoms with Crippen molar-refractivity contribution in [2.45, 2.75) is 37.3 Å². The highest BCUT2D eigenvalue weighted by molar-refractivity contribution is 7.98. The van der Waals surface area contributed by atoms with E-state index < -0.39 is 17.6 Å². The molecule has 1 amide bonds. The van der Waals surface area contributed by atoms with E-state index in [9.17, 15) is 18.4 Å². The number of aliphatic carboxylic acids is 1. The van der Waals surface area contributed by atoms with Gasteiger partial charge in [0.05, 0.1) is 5.75 Å². The normalized spacial score (nSPS) is 12.4. The summed E-state index contributed by atoms with van der Waals surface area (Å²) in [6, 6.07) is 2.55. The van der Waals surface area contributed by atoms with Gasteiger partial charge in [0.25, 0.3) is 11.7 Å². The number of carbonyl (C=O) groups is 2. The first-order chi connectivity index (χ1) is 9.38. The van der Waals surface area contributed by atoms with Gasteiger partial charge in [-0.25, -0.2) is 0 Å². The summed E-state index contributed by atoms with van der Waals surface area (Å²) in [5, 5.41) is 11.1. The van der Waals surface area contributed by atoms with Crippen LogP contribution >= 0.6 is 11.8 Å². The van der Waals surface area contributed by atoms with Crippen molar-refractivity contribution in [1.29, 1.82) is 0 Å². The van der Waals surface area contributed by atoms with E-state index in [1.54, 1.807) is 6.92 Å². The summed E-state index contributed by atoms with van der Waals surface area (Å²) in [7, 11) is 0. The number of alkyl halides is 2. The number of furan rings is 1. The lowest BCUT2D eigenvalue weighted by Gasteiger charge is -2.11. The molecule has 2 N–H and O–H groups in total. The van der Waals surface area contributed by atoms with E-state index in [1.165, 1.54) is 12.1 Å². The number of hydrogen-bond donors (Lipinski definition) is 2. The van der Waals surface area contributed by atoms with Crippen LogP contribution in [0.25, 0.3) is 0 Å². The summed E-state index contributed by atoms with van der Waals surface area (Å²) in [6.45, 7) is 1.68. The summed E-state index contributed by atoms with van der Waals surface area (Å²) in [6.07, 6.45) is 0.256. The van der Waals surface area contributed by atoms with Crippen LogP contribution < -0.4 is 5.32 Å². The molecule has 8 heteroatoms. The van der Waals surface area contributed by atoms with Crippen molar-refractivity contribution < 1.29 is 27.9 Å². The lowest BCUT2D eigenvalue weighted by Crippen LogP contribution is -2.32. The second-order valence-electron chi connectivity index (χ2n) is 4.14. The number of nitrogens with one attached hydrogen (secondary N) is 1. The van der Waals surface area contributed by atoms with Gasteiger partial charge >= 0.3 is 5.97 Å².